The number of rotatable bonds is 6. The summed E-state index contributed by atoms with van der Waals surface area (Å²) >= 11 is 0. The molecule has 0 fully saturated rings. The molecule has 0 saturated carbocycles. The Bertz CT molecular complexity index is 764. The Hall–Kier alpha value is -2.56. The highest BCUT2D eigenvalue weighted by Crippen LogP contribution is 2.41. The molecule has 2 rings (SSSR count). The van der Waals surface area contributed by atoms with E-state index in [1.54, 1.807) is 0 Å². The zero-order valence-corrected chi connectivity index (χ0v) is 16.4. The third-order valence-electron chi connectivity index (χ3n) is 5.12. The summed E-state index contributed by atoms with van der Waals surface area (Å²) in [5.41, 5.74) is 0.349. The highest BCUT2D eigenvalue weighted by molar-refractivity contribution is 5.93. The monoisotopic (exact) mass is 371 g/mol. The molecule has 1 aromatic carbocycles. The summed E-state index contributed by atoms with van der Waals surface area (Å²) in [7, 11) is 0. The third-order valence-corrected chi connectivity index (χ3v) is 5.12. The largest absolute Gasteiger partial charge is 0.508 e. The maximum Gasteiger partial charge on any atom is 0.244 e. The third kappa shape index (κ3) is 5.46. The lowest BCUT2D eigenvalue weighted by Crippen LogP contribution is -2.41. The van der Waals surface area contributed by atoms with Crippen molar-refractivity contribution in [3.05, 3.63) is 42.0 Å². The van der Waals surface area contributed by atoms with Gasteiger partial charge in [0.15, 0.2) is 0 Å². The van der Waals surface area contributed by atoms with E-state index >= 15 is 0 Å². The van der Waals surface area contributed by atoms with Gasteiger partial charge >= 0.3 is 0 Å². The van der Waals surface area contributed by atoms with Crippen LogP contribution in [0, 0.1) is 17.3 Å². The molecule has 1 aromatic rings. The molecule has 0 bridgehead atoms. The van der Waals surface area contributed by atoms with Gasteiger partial charge in [-0.2, -0.15) is 0 Å². The lowest BCUT2D eigenvalue weighted by molar-refractivity contribution is -0.128. The molecule has 0 saturated heterocycles. The van der Waals surface area contributed by atoms with Crippen LogP contribution in [0.1, 0.15) is 46.1 Å². The predicted molar refractivity (Wildman–Crippen MR) is 106 cm³/mol. The van der Waals surface area contributed by atoms with Crippen LogP contribution in [0.5, 0.6) is 11.5 Å². The number of nitrogens with one attached hydrogen (secondary N) is 1. The van der Waals surface area contributed by atoms with E-state index in [0.29, 0.717) is 5.56 Å². The fraction of sp³-hybridized carbons (Fsp3) is 0.455. The molecule has 5 nitrogen and oxygen atoms in total. The summed E-state index contributed by atoms with van der Waals surface area (Å²) in [5.74, 6) is -0.170. The molecular weight excluding hydrogens is 342 g/mol. The minimum atomic E-state index is -0.335. The number of amides is 1. The molecule has 0 aliphatic heterocycles. The van der Waals surface area contributed by atoms with E-state index in [2.05, 4.69) is 38.2 Å². The maximum atomic E-state index is 12.8. The van der Waals surface area contributed by atoms with Crippen molar-refractivity contribution in [2.24, 2.45) is 17.3 Å². The first kappa shape index (κ1) is 20.7. The summed E-state index contributed by atoms with van der Waals surface area (Å²) in [6.07, 6.45) is 8.19. The summed E-state index contributed by atoms with van der Waals surface area (Å²) in [5, 5.41) is 21.8. The Morgan fingerprint density at radius 2 is 2.04 bits per heavy atom. The average Bonchev–Trinajstić information content (AvgIpc) is 2.52. The standard InChI is InChI=1S/C22H29NO4/c1-14-6-5-11-22(3,4)21(14)19(26)12-15(2)23-20(27)10-8-16-7-9-17(24)13-18(16)25/h5-10,13-15,21,24-25H,11-12H2,1-4H3,(H,23,27). The second-order valence-corrected chi connectivity index (χ2v) is 8.11. The van der Waals surface area contributed by atoms with Crippen molar-refractivity contribution in [2.45, 2.75) is 46.6 Å². The van der Waals surface area contributed by atoms with Gasteiger partial charge in [-0.1, -0.05) is 32.9 Å². The minimum absolute atomic E-state index is 0.0454. The first-order valence-electron chi connectivity index (χ1n) is 9.30. The molecule has 1 aliphatic rings. The number of allylic oxidation sites excluding steroid dienone is 2. The first-order valence-corrected chi connectivity index (χ1v) is 9.30. The zero-order chi connectivity index (χ0) is 20.2. The first-order chi connectivity index (χ1) is 12.6. The van der Waals surface area contributed by atoms with Crippen LogP contribution in [0.15, 0.2) is 36.4 Å². The smallest absolute Gasteiger partial charge is 0.244 e. The number of phenolic OH excluding ortho intramolecular Hbond substituents is 2. The van der Waals surface area contributed by atoms with Gasteiger partial charge in [0.05, 0.1) is 0 Å². The van der Waals surface area contributed by atoms with Crippen molar-refractivity contribution < 1.29 is 19.8 Å². The van der Waals surface area contributed by atoms with Gasteiger partial charge < -0.3 is 15.5 Å². The molecular formula is C22H29NO4. The van der Waals surface area contributed by atoms with Crippen molar-refractivity contribution in [3.63, 3.8) is 0 Å². The lowest BCUT2D eigenvalue weighted by Gasteiger charge is -2.39. The number of carbonyl (C=O) groups excluding carboxylic acids is 2. The molecule has 3 N–H and O–H groups in total. The van der Waals surface area contributed by atoms with Crippen LogP contribution < -0.4 is 5.32 Å². The normalized spacial score (nSPS) is 22.5. The molecule has 1 amide bonds. The second-order valence-electron chi connectivity index (χ2n) is 8.11. The Kier molecular flexibility index (Phi) is 6.47. The van der Waals surface area contributed by atoms with Crippen LogP contribution in [0.4, 0.5) is 0 Å². The van der Waals surface area contributed by atoms with Crippen LogP contribution in [0.3, 0.4) is 0 Å². The molecule has 27 heavy (non-hydrogen) atoms. The van der Waals surface area contributed by atoms with Crippen molar-refractivity contribution in [1.82, 2.24) is 5.32 Å². The van der Waals surface area contributed by atoms with E-state index in [0.717, 1.165) is 6.42 Å². The molecule has 0 aromatic heterocycles. The second kappa shape index (κ2) is 8.42. The van der Waals surface area contributed by atoms with Crippen molar-refractivity contribution in [2.75, 3.05) is 0 Å². The number of carbonyl (C=O) groups is 2. The van der Waals surface area contributed by atoms with Crippen molar-refractivity contribution in [3.8, 4) is 11.5 Å². The molecule has 0 radical (unpaired) electrons. The summed E-state index contributed by atoms with van der Waals surface area (Å²) < 4.78 is 0. The molecule has 0 heterocycles. The van der Waals surface area contributed by atoms with Gasteiger partial charge in [0.25, 0.3) is 0 Å². The Labute approximate surface area is 160 Å². The molecule has 146 valence electrons. The zero-order valence-electron chi connectivity index (χ0n) is 16.4. The van der Waals surface area contributed by atoms with E-state index in [9.17, 15) is 19.8 Å². The Morgan fingerprint density at radius 3 is 2.67 bits per heavy atom. The summed E-state index contributed by atoms with van der Waals surface area (Å²) in [6, 6.07) is 3.87. The SMILES string of the molecule is CC(CC(=O)C1C(C)C=CCC1(C)C)NC(=O)C=Cc1ccc(O)cc1O. The van der Waals surface area contributed by atoms with Crippen LogP contribution in [-0.4, -0.2) is 27.9 Å². The number of benzene rings is 1. The number of ketones is 1. The van der Waals surface area contributed by atoms with Gasteiger partial charge in [-0.15, -0.1) is 0 Å². The lowest BCUT2D eigenvalue weighted by atomic mass is 9.65. The fourth-order valence-corrected chi connectivity index (χ4v) is 3.87. The minimum Gasteiger partial charge on any atom is -0.508 e. The average molecular weight is 371 g/mol. The van der Waals surface area contributed by atoms with E-state index < -0.39 is 0 Å². The van der Waals surface area contributed by atoms with Gasteiger partial charge in [0.2, 0.25) is 5.91 Å². The van der Waals surface area contributed by atoms with E-state index in [4.69, 9.17) is 0 Å². The highest BCUT2D eigenvalue weighted by Gasteiger charge is 2.39. The van der Waals surface area contributed by atoms with Gasteiger partial charge in [0.1, 0.15) is 17.3 Å². The van der Waals surface area contributed by atoms with Crippen molar-refractivity contribution in [1.29, 1.82) is 0 Å². The number of phenols is 2. The van der Waals surface area contributed by atoms with Crippen LogP contribution in [0.25, 0.3) is 6.08 Å². The number of hydrogen-bond acceptors (Lipinski definition) is 4. The molecule has 1 aliphatic carbocycles. The molecule has 5 heteroatoms. The van der Waals surface area contributed by atoms with Crippen LogP contribution in [-0.2, 0) is 9.59 Å². The van der Waals surface area contributed by atoms with Crippen molar-refractivity contribution >= 4 is 17.8 Å². The van der Waals surface area contributed by atoms with Gasteiger partial charge in [-0.3, -0.25) is 9.59 Å². The number of aromatic hydroxyl groups is 2. The fourth-order valence-electron chi connectivity index (χ4n) is 3.87. The molecule has 0 spiro atoms. The highest BCUT2D eigenvalue weighted by atomic mass is 16.3. The van der Waals surface area contributed by atoms with E-state index in [1.807, 2.05) is 6.92 Å². The van der Waals surface area contributed by atoms with Crippen LogP contribution in [0.2, 0.25) is 0 Å². The number of Topliss-reactive ketones (excluding diaryl/α,β-unsaturated/α-hetero) is 1. The summed E-state index contributed by atoms with van der Waals surface area (Å²) in [4.78, 5) is 24.9. The van der Waals surface area contributed by atoms with Gasteiger partial charge in [-0.25, -0.2) is 0 Å². The topological polar surface area (TPSA) is 86.6 Å². The van der Waals surface area contributed by atoms with E-state index in [-0.39, 0.29) is 52.9 Å². The quantitative estimate of drug-likeness (QED) is 0.524. The Morgan fingerprint density at radius 1 is 1.33 bits per heavy atom. The number of hydrogen-bond donors (Lipinski definition) is 3. The molecule has 3 unspecified atom stereocenters. The maximum absolute atomic E-state index is 12.8. The Balaban J connectivity index is 1.93. The van der Waals surface area contributed by atoms with Gasteiger partial charge in [-0.05, 0) is 42.9 Å². The van der Waals surface area contributed by atoms with Crippen LogP contribution >= 0.6 is 0 Å². The van der Waals surface area contributed by atoms with E-state index in [1.165, 1.54) is 30.4 Å². The summed E-state index contributed by atoms with van der Waals surface area (Å²) in [6.45, 7) is 8.12. The van der Waals surface area contributed by atoms with Gasteiger partial charge in [0, 0.05) is 36.1 Å². The molecule has 3 atom stereocenters. The predicted octanol–water partition coefficient (Wildman–Crippen LogP) is 3.81.